The zero-order chi connectivity index (χ0) is 12.4. The molecule has 0 fully saturated rings. The molecule has 0 heterocycles. The summed E-state index contributed by atoms with van der Waals surface area (Å²) in [4.78, 5) is 2.32. The summed E-state index contributed by atoms with van der Waals surface area (Å²) in [5.41, 5.74) is 0. The fourth-order valence-electron chi connectivity index (χ4n) is 1.83. The first-order valence-corrected chi connectivity index (χ1v) is 6.28. The van der Waals surface area contributed by atoms with Crippen LogP contribution in [0.25, 0.3) is 0 Å². The molecule has 0 radical (unpaired) electrons. The van der Waals surface area contributed by atoms with Crippen molar-refractivity contribution in [3.05, 3.63) is 24.8 Å². The van der Waals surface area contributed by atoms with Gasteiger partial charge in [-0.05, 0) is 39.2 Å². The first-order valence-electron chi connectivity index (χ1n) is 6.28. The maximum Gasteiger partial charge on any atom is 0.0639 e. The van der Waals surface area contributed by atoms with Gasteiger partial charge in [0.15, 0.2) is 0 Å². The molecule has 2 nitrogen and oxygen atoms in total. The lowest BCUT2D eigenvalue weighted by Crippen LogP contribution is -2.35. The Labute approximate surface area is 101 Å². The van der Waals surface area contributed by atoms with Crippen molar-refractivity contribution in [3.63, 3.8) is 0 Å². The summed E-state index contributed by atoms with van der Waals surface area (Å²) in [6.45, 7) is 12.7. The molecule has 94 valence electrons. The Balaban J connectivity index is 4.15. The Morgan fingerprint density at radius 1 is 1.38 bits per heavy atom. The summed E-state index contributed by atoms with van der Waals surface area (Å²) < 4.78 is 0. The van der Waals surface area contributed by atoms with Crippen molar-refractivity contribution in [2.75, 3.05) is 19.6 Å². The van der Waals surface area contributed by atoms with Crippen LogP contribution < -0.4 is 0 Å². The van der Waals surface area contributed by atoms with Crippen LogP contribution in [-0.4, -0.2) is 35.7 Å². The van der Waals surface area contributed by atoms with E-state index in [-0.39, 0.29) is 6.10 Å². The smallest absolute Gasteiger partial charge is 0.0639 e. The van der Waals surface area contributed by atoms with E-state index in [0.717, 1.165) is 32.5 Å². The molecule has 16 heavy (non-hydrogen) atoms. The summed E-state index contributed by atoms with van der Waals surface area (Å²) in [5.74, 6) is 0.487. The van der Waals surface area contributed by atoms with Crippen LogP contribution in [-0.2, 0) is 0 Å². The lowest BCUT2D eigenvalue weighted by atomic mass is 10.0. The molecule has 0 aliphatic rings. The second-order valence-electron chi connectivity index (χ2n) is 4.41. The van der Waals surface area contributed by atoms with E-state index in [1.807, 2.05) is 19.9 Å². The van der Waals surface area contributed by atoms with E-state index in [1.54, 1.807) is 0 Å². The van der Waals surface area contributed by atoms with E-state index in [2.05, 4.69) is 30.6 Å². The fourth-order valence-corrected chi connectivity index (χ4v) is 1.83. The van der Waals surface area contributed by atoms with Gasteiger partial charge in [0.05, 0.1) is 6.10 Å². The number of rotatable bonds is 9. The molecular formula is C14H27NO. The monoisotopic (exact) mass is 225 g/mol. The zero-order valence-corrected chi connectivity index (χ0v) is 11.0. The lowest BCUT2D eigenvalue weighted by molar-refractivity contribution is 0.120. The third-order valence-electron chi connectivity index (χ3n) is 2.56. The van der Waals surface area contributed by atoms with Crippen molar-refractivity contribution in [1.82, 2.24) is 4.90 Å². The molecule has 0 rings (SSSR count). The molecule has 0 aromatic rings. The SMILES string of the molecule is C=CC(C/C=C\C)CN(CCC)CC(C)O. The van der Waals surface area contributed by atoms with E-state index in [1.165, 1.54) is 0 Å². The summed E-state index contributed by atoms with van der Waals surface area (Å²) in [7, 11) is 0. The number of nitrogens with zero attached hydrogens (tertiary/aromatic N) is 1. The second-order valence-corrected chi connectivity index (χ2v) is 4.41. The quantitative estimate of drug-likeness (QED) is 0.610. The van der Waals surface area contributed by atoms with Crippen LogP contribution in [0.5, 0.6) is 0 Å². The highest BCUT2D eigenvalue weighted by atomic mass is 16.3. The standard InChI is InChI=1S/C14H27NO/c1-5-8-9-14(7-3)12-15(10-6-2)11-13(4)16/h5,7-8,13-14,16H,3,6,9-12H2,1-2,4H3/b8-5-. The topological polar surface area (TPSA) is 23.5 Å². The number of aliphatic hydroxyl groups is 1. The molecule has 2 atom stereocenters. The molecule has 0 aromatic heterocycles. The maximum absolute atomic E-state index is 9.43. The minimum Gasteiger partial charge on any atom is -0.392 e. The average molecular weight is 225 g/mol. The predicted octanol–water partition coefficient (Wildman–Crippen LogP) is 2.85. The van der Waals surface area contributed by atoms with Gasteiger partial charge in [-0.1, -0.05) is 25.2 Å². The third-order valence-corrected chi connectivity index (χ3v) is 2.56. The second kappa shape index (κ2) is 9.61. The first-order chi connectivity index (χ1) is 7.63. The third kappa shape index (κ3) is 7.66. The zero-order valence-electron chi connectivity index (χ0n) is 11.0. The van der Waals surface area contributed by atoms with Gasteiger partial charge in [-0.2, -0.15) is 0 Å². The van der Waals surface area contributed by atoms with Gasteiger partial charge in [0.25, 0.3) is 0 Å². The van der Waals surface area contributed by atoms with Crippen molar-refractivity contribution in [2.24, 2.45) is 5.92 Å². The van der Waals surface area contributed by atoms with Crippen molar-refractivity contribution in [3.8, 4) is 0 Å². The molecule has 0 aliphatic carbocycles. The Hall–Kier alpha value is -0.600. The van der Waals surface area contributed by atoms with E-state index < -0.39 is 0 Å². The van der Waals surface area contributed by atoms with Crippen LogP contribution in [0.2, 0.25) is 0 Å². The number of allylic oxidation sites excluding steroid dienone is 2. The molecule has 0 spiro atoms. The molecule has 0 saturated carbocycles. The van der Waals surface area contributed by atoms with Gasteiger partial charge >= 0.3 is 0 Å². The number of hydrogen-bond donors (Lipinski definition) is 1. The summed E-state index contributed by atoms with van der Waals surface area (Å²) >= 11 is 0. The van der Waals surface area contributed by atoms with Crippen molar-refractivity contribution in [2.45, 2.75) is 39.7 Å². The highest BCUT2D eigenvalue weighted by molar-refractivity contribution is 4.90. The average Bonchev–Trinajstić information content (AvgIpc) is 2.23. The van der Waals surface area contributed by atoms with Gasteiger partial charge in [-0.25, -0.2) is 0 Å². The molecule has 0 amide bonds. The highest BCUT2D eigenvalue weighted by Crippen LogP contribution is 2.09. The van der Waals surface area contributed by atoms with Crippen LogP contribution in [0, 0.1) is 5.92 Å². The Morgan fingerprint density at radius 2 is 2.06 bits per heavy atom. The normalized spacial score (nSPS) is 15.6. The highest BCUT2D eigenvalue weighted by Gasteiger charge is 2.11. The maximum atomic E-state index is 9.43. The van der Waals surface area contributed by atoms with Gasteiger partial charge in [-0.15, -0.1) is 6.58 Å². The van der Waals surface area contributed by atoms with Gasteiger partial charge in [0, 0.05) is 13.1 Å². The largest absolute Gasteiger partial charge is 0.392 e. The molecule has 0 bridgehead atoms. The molecule has 0 saturated heterocycles. The molecule has 2 heteroatoms. The summed E-state index contributed by atoms with van der Waals surface area (Å²) in [6.07, 6.45) is 8.19. The Bertz CT molecular complexity index is 199. The van der Waals surface area contributed by atoms with Gasteiger partial charge in [0.1, 0.15) is 0 Å². The van der Waals surface area contributed by atoms with Crippen LogP contribution in [0.1, 0.15) is 33.6 Å². The van der Waals surface area contributed by atoms with Crippen molar-refractivity contribution in [1.29, 1.82) is 0 Å². The van der Waals surface area contributed by atoms with Crippen LogP contribution in [0.4, 0.5) is 0 Å². The van der Waals surface area contributed by atoms with Crippen molar-refractivity contribution >= 4 is 0 Å². The van der Waals surface area contributed by atoms with Gasteiger partial charge in [0.2, 0.25) is 0 Å². The molecule has 0 aliphatic heterocycles. The van der Waals surface area contributed by atoms with Crippen molar-refractivity contribution < 1.29 is 5.11 Å². The van der Waals surface area contributed by atoms with E-state index in [4.69, 9.17) is 0 Å². The van der Waals surface area contributed by atoms with Crippen LogP contribution in [0.3, 0.4) is 0 Å². The predicted molar refractivity (Wildman–Crippen MR) is 71.5 cm³/mol. The Kier molecular flexibility index (Phi) is 9.25. The summed E-state index contributed by atoms with van der Waals surface area (Å²) in [6, 6.07) is 0. The summed E-state index contributed by atoms with van der Waals surface area (Å²) in [5, 5.41) is 9.43. The molecule has 1 N–H and O–H groups in total. The Morgan fingerprint density at radius 3 is 2.50 bits per heavy atom. The fraction of sp³-hybridized carbons (Fsp3) is 0.714. The molecular weight excluding hydrogens is 198 g/mol. The van der Waals surface area contributed by atoms with Gasteiger partial charge in [-0.3, -0.25) is 0 Å². The first kappa shape index (κ1) is 15.4. The number of aliphatic hydroxyl groups excluding tert-OH is 1. The minimum atomic E-state index is -0.251. The number of hydrogen-bond acceptors (Lipinski definition) is 2. The van der Waals surface area contributed by atoms with Gasteiger partial charge < -0.3 is 10.0 Å². The molecule has 2 unspecified atom stereocenters. The minimum absolute atomic E-state index is 0.251. The molecule has 0 aromatic carbocycles. The van der Waals surface area contributed by atoms with E-state index in [0.29, 0.717) is 5.92 Å². The van der Waals surface area contributed by atoms with Crippen LogP contribution >= 0.6 is 0 Å². The lowest BCUT2D eigenvalue weighted by Gasteiger charge is -2.26. The van der Waals surface area contributed by atoms with E-state index >= 15 is 0 Å². The van der Waals surface area contributed by atoms with Crippen LogP contribution in [0.15, 0.2) is 24.8 Å². The van der Waals surface area contributed by atoms with E-state index in [9.17, 15) is 5.11 Å².